The second kappa shape index (κ2) is 14.9. The van der Waals surface area contributed by atoms with Gasteiger partial charge in [-0.25, -0.2) is 0 Å². The van der Waals surface area contributed by atoms with Crippen molar-refractivity contribution < 1.29 is 24.3 Å². The van der Waals surface area contributed by atoms with E-state index < -0.39 is 46.8 Å². The number of phenolic OH excluding ortho intramolecular Hbond substituents is 1. The van der Waals surface area contributed by atoms with Gasteiger partial charge in [0.2, 0.25) is 11.8 Å². The number of rotatable bonds is 8. The van der Waals surface area contributed by atoms with Crippen LogP contribution in [0.15, 0.2) is 161 Å². The predicted molar refractivity (Wildman–Crippen MR) is 238 cm³/mol. The molecule has 0 spiro atoms. The number of fused-ring (bicyclic) bond motifs is 5. The lowest BCUT2D eigenvalue weighted by atomic mass is 9.49. The molecule has 10 rings (SSSR count). The molecule has 2 aliphatic carbocycles. The summed E-state index contributed by atoms with van der Waals surface area (Å²) in [5.74, 6) is -5.41. The molecule has 2 heterocycles. The number of imide groups is 2. The summed E-state index contributed by atoms with van der Waals surface area (Å²) < 4.78 is 0. The zero-order chi connectivity index (χ0) is 42.9. The van der Waals surface area contributed by atoms with Crippen LogP contribution in [0.2, 0.25) is 0 Å². The first-order valence-corrected chi connectivity index (χ1v) is 20.9. The Hall–Kier alpha value is -7.40. The van der Waals surface area contributed by atoms with E-state index in [2.05, 4.69) is 15.7 Å². The first-order valence-electron chi connectivity index (χ1n) is 20.9. The van der Waals surface area contributed by atoms with Gasteiger partial charge >= 0.3 is 0 Å². The van der Waals surface area contributed by atoms with Crippen LogP contribution in [0.25, 0.3) is 10.8 Å². The molecule has 3 fully saturated rings. The first kappa shape index (κ1) is 38.8. The molecule has 4 amide bonds. The molecular weight excluding hydrogens is 777 g/mol. The number of nitrogens with one attached hydrogen (secondary N) is 1. The zero-order valence-electron chi connectivity index (χ0n) is 34.5. The molecule has 2 saturated heterocycles. The first-order chi connectivity index (χ1) is 30.1. The lowest BCUT2D eigenvalue weighted by molar-refractivity contribution is -0.138. The van der Waals surface area contributed by atoms with Crippen molar-refractivity contribution in [1.82, 2.24) is 5.01 Å². The Labute approximate surface area is 359 Å². The van der Waals surface area contributed by atoms with Gasteiger partial charge in [0.15, 0.2) is 0 Å². The molecule has 308 valence electrons. The second-order valence-electron chi connectivity index (χ2n) is 17.0. The highest BCUT2D eigenvalue weighted by atomic mass is 16.3. The standard InChI is InChI=1S/C51H44N6O5/c1-30-13-16-35(17-14-30)54-57-48(60)43-29-42-39(45(51(43,50(57)62)32-10-5-4-6-11-32)41-26-15-31-9-7-8-12-38(31)46(41)58)27-28-40-44(42)49(61)56(47(40)59)37-24-20-34(21-25-37)53-52-33-18-22-36(23-19-33)55(2)3/h4-27,40,42-45,54,58H,28-29H2,1-3H3. The summed E-state index contributed by atoms with van der Waals surface area (Å²) in [6, 6.07) is 42.6. The molecule has 2 aliphatic heterocycles. The van der Waals surface area contributed by atoms with Crippen molar-refractivity contribution in [3.8, 4) is 5.75 Å². The Balaban J connectivity index is 1.06. The summed E-state index contributed by atoms with van der Waals surface area (Å²) in [6.45, 7) is 1.96. The summed E-state index contributed by atoms with van der Waals surface area (Å²) in [6.07, 6.45) is 2.40. The van der Waals surface area contributed by atoms with Crippen LogP contribution in [-0.4, -0.2) is 47.8 Å². The summed E-state index contributed by atoms with van der Waals surface area (Å²) in [4.78, 5) is 63.2. The maximum atomic E-state index is 15.5. The van der Waals surface area contributed by atoms with Crippen LogP contribution in [0.4, 0.5) is 28.4 Å². The lowest BCUT2D eigenvalue weighted by Crippen LogP contribution is -2.53. The molecule has 0 radical (unpaired) electrons. The molecule has 11 nitrogen and oxygen atoms in total. The van der Waals surface area contributed by atoms with Crippen molar-refractivity contribution >= 4 is 62.8 Å². The maximum absolute atomic E-state index is 15.5. The van der Waals surface area contributed by atoms with Gasteiger partial charge in [-0.3, -0.25) is 29.5 Å². The highest BCUT2D eigenvalue weighted by Crippen LogP contribution is 2.65. The van der Waals surface area contributed by atoms with E-state index in [1.807, 2.05) is 147 Å². The fourth-order valence-corrected chi connectivity index (χ4v) is 10.5. The van der Waals surface area contributed by atoms with Crippen molar-refractivity contribution in [2.45, 2.75) is 31.1 Å². The van der Waals surface area contributed by atoms with Gasteiger partial charge in [0.25, 0.3) is 11.8 Å². The molecule has 0 aromatic heterocycles. The number of hydrogen-bond acceptors (Lipinski definition) is 9. The molecule has 11 heteroatoms. The van der Waals surface area contributed by atoms with Crippen LogP contribution < -0.4 is 15.2 Å². The number of aryl methyl sites for hydroxylation is 1. The number of hydrazine groups is 1. The van der Waals surface area contributed by atoms with E-state index in [-0.39, 0.29) is 30.4 Å². The smallest absolute Gasteiger partial charge is 0.260 e. The van der Waals surface area contributed by atoms with Gasteiger partial charge in [0.1, 0.15) is 5.75 Å². The van der Waals surface area contributed by atoms with Crippen molar-refractivity contribution in [3.05, 3.63) is 168 Å². The van der Waals surface area contributed by atoms with E-state index in [9.17, 15) is 14.7 Å². The number of phenols is 1. The Bertz CT molecular complexity index is 2840. The van der Waals surface area contributed by atoms with Gasteiger partial charge < -0.3 is 10.0 Å². The SMILES string of the molecule is Cc1ccc(NN2C(=O)C3CC4C(=CCC5C(=O)N(c6ccc(N=Nc7ccc(N(C)C)cc7)cc6)C(=O)C54)C(c4ccc5ccccc5c4O)C3(c3ccccc3)C2=O)cc1. The number of benzene rings is 6. The van der Waals surface area contributed by atoms with Crippen LogP contribution in [0.3, 0.4) is 0 Å². The largest absolute Gasteiger partial charge is 0.507 e. The fraction of sp³-hybridized carbons (Fsp3) is 0.216. The summed E-state index contributed by atoms with van der Waals surface area (Å²) >= 11 is 0. The molecule has 6 aromatic carbocycles. The maximum Gasteiger partial charge on any atom is 0.260 e. The molecule has 4 aliphatic rings. The van der Waals surface area contributed by atoms with E-state index in [1.54, 1.807) is 24.3 Å². The van der Waals surface area contributed by atoms with E-state index in [0.717, 1.165) is 27.2 Å². The number of aromatic hydroxyl groups is 1. The van der Waals surface area contributed by atoms with E-state index >= 15 is 9.59 Å². The number of amides is 4. The van der Waals surface area contributed by atoms with Gasteiger partial charge in [0, 0.05) is 36.7 Å². The van der Waals surface area contributed by atoms with E-state index in [0.29, 0.717) is 39.3 Å². The number of hydrogen-bond donors (Lipinski definition) is 2. The van der Waals surface area contributed by atoms with Crippen LogP contribution in [0, 0.1) is 30.6 Å². The quantitative estimate of drug-likeness (QED) is 0.0888. The number of nitrogens with zero attached hydrogens (tertiary/aromatic N) is 5. The van der Waals surface area contributed by atoms with Crippen LogP contribution >= 0.6 is 0 Å². The molecule has 0 bridgehead atoms. The minimum Gasteiger partial charge on any atom is -0.507 e. The number of azo groups is 1. The van der Waals surface area contributed by atoms with Gasteiger partial charge in [0.05, 0.1) is 45.9 Å². The molecule has 1 saturated carbocycles. The monoisotopic (exact) mass is 820 g/mol. The van der Waals surface area contributed by atoms with Crippen LogP contribution in [0.5, 0.6) is 5.75 Å². The van der Waals surface area contributed by atoms with Gasteiger partial charge in [-0.2, -0.15) is 15.2 Å². The molecule has 6 atom stereocenters. The second-order valence-corrected chi connectivity index (χ2v) is 17.0. The normalized spacial score (nSPS) is 24.3. The van der Waals surface area contributed by atoms with Crippen LogP contribution in [0.1, 0.15) is 35.4 Å². The Morgan fingerprint density at radius 3 is 2.06 bits per heavy atom. The summed E-state index contributed by atoms with van der Waals surface area (Å²) in [5.41, 5.74) is 7.83. The molecular formula is C51H44N6O5. The molecule has 6 aromatic rings. The number of allylic oxidation sites excluding steroid dienone is 2. The van der Waals surface area contributed by atoms with Crippen molar-refractivity contribution in [2.75, 3.05) is 29.3 Å². The summed E-state index contributed by atoms with van der Waals surface area (Å²) in [7, 11) is 3.94. The number of carbonyl (C=O) groups is 4. The Kier molecular flexibility index (Phi) is 9.35. The van der Waals surface area contributed by atoms with E-state index in [1.165, 1.54) is 4.90 Å². The van der Waals surface area contributed by atoms with Crippen molar-refractivity contribution in [2.24, 2.45) is 33.9 Å². The predicted octanol–water partition coefficient (Wildman–Crippen LogP) is 9.52. The number of carbonyl (C=O) groups excluding carboxylic acids is 4. The Morgan fingerprint density at radius 2 is 1.37 bits per heavy atom. The lowest BCUT2D eigenvalue weighted by Gasteiger charge is -2.50. The third-order valence-electron chi connectivity index (χ3n) is 13.4. The third-order valence-corrected chi connectivity index (χ3v) is 13.4. The number of anilines is 3. The Morgan fingerprint density at radius 1 is 0.710 bits per heavy atom. The highest BCUT2D eigenvalue weighted by Gasteiger charge is 2.70. The van der Waals surface area contributed by atoms with Crippen molar-refractivity contribution in [1.29, 1.82) is 0 Å². The minimum absolute atomic E-state index is 0.00860. The topological polar surface area (TPSA) is 135 Å². The fourth-order valence-electron chi connectivity index (χ4n) is 10.5. The van der Waals surface area contributed by atoms with Gasteiger partial charge in [-0.05, 0) is 97.3 Å². The molecule has 62 heavy (non-hydrogen) atoms. The highest BCUT2D eigenvalue weighted by molar-refractivity contribution is 6.22. The van der Waals surface area contributed by atoms with Crippen LogP contribution in [-0.2, 0) is 24.6 Å². The van der Waals surface area contributed by atoms with E-state index in [4.69, 9.17) is 0 Å². The van der Waals surface area contributed by atoms with Gasteiger partial charge in [-0.15, -0.1) is 0 Å². The average Bonchev–Trinajstić information content (AvgIpc) is 3.67. The average molecular weight is 821 g/mol. The van der Waals surface area contributed by atoms with Gasteiger partial charge in [-0.1, -0.05) is 96.1 Å². The molecule has 6 unspecified atom stereocenters. The molecule has 2 N–H and O–H groups in total. The third kappa shape index (κ3) is 6.01. The minimum atomic E-state index is -1.50. The zero-order valence-corrected chi connectivity index (χ0v) is 34.5. The van der Waals surface area contributed by atoms with Crippen molar-refractivity contribution in [3.63, 3.8) is 0 Å². The summed E-state index contributed by atoms with van der Waals surface area (Å²) in [5, 5.41) is 23.6.